The van der Waals surface area contributed by atoms with Gasteiger partial charge in [0.15, 0.2) is 0 Å². The summed E-state index contributed by atoms with van der Waals surface area (Å²) in [7, 11) is 1.65. The number of amides is 1. The van der Waals surface area contributed by atoms with Crippen LogP contribution in [0.5, 0.6) is 5.75 Å². The lowest BCUT2D eigenvalue weighted by Crippen LogP contribution is -2.43. The summed E-state index contributed by atoms with van der Waals surface area (Å²) in [4.78, 5) is 15.1. The number of hydrogen-bond acceptors (Lipinski definition) is 7. The van der Waals surface area contributed by atoms with Crippen molar-refractivity contribution in [3.05, 3.63) is 59.7 Å². The molecule has 9 nitrogen and oxygen atoms in total. The monoisotopic (exact) mass is 408 g/mol. The lowest BCUT2D eigenvalue weighted by atomic mass is 10.0. The highest BCUT2D eigenvalue weighted by atomic mass is 16.5. The number of hydrogen-bond donors (Lipinski definition) is 2. The Morgan fingerprint density at radius 1 is 1.17 bits per heavy atom. The van der Waals surface area contributed by atoms with Crippen molar-refractivity contribution in [2.24, 2.45) is 0 Å². The molecule has 9 heteroatoms. The van der Waals surface area contributed by atoms with Crippen LogP contribution >= 0.6 is 0 Å². The van der Waals surface area contributed by atoms with Crippen LogP contribution in [0.15, 0.2) is 48.5 Å². The van der Waals surface area contributed by atoms with Gasteiger partial charge in [-0.15, -0.1) is 10.2 Å². The molecule has 1 atom stereocenters. The van der Waals surface area contributed by atoms with Crippen LogP contribution in [0.3, 0.4) is 0 Å². The molecular formula is C21H24N6O3. The maximum atomic E-state index is 12.7. The predicted octanol–water partition coefficient (Wildman–Crippen LogP) is 1.68. The van der Waals surface area contributed by atoms with Crippen molar-refractivity contribution in [1.29, 1.82) is 0 Å². The van der Waals surface area contributed by atoms with Gasteiger partial charge in [-0.2, -0.15) is 5.21 Å². The van der Waals surface area contributed by atoms with Gasteiger partial charge in [0, 0.05) is 30.8 Å². The third-order valence-electron chi connectivity index (χ3n) is 5.19. The molecule has 1 aliphatic heterocycles. The molecule has 1 aromatic heterocycles. The number of morpholine rings is 1. The third-order valence-corrected chi connectivity index (χ3v) is 5.19. The van der Waals surface area contributed by atoms with Crippen molar-refractivity contribution in [3.63, 3.8) is 0 Å². The van der Waals surface area contributed by atoms with Crippen LogP contribution in [0.4, 0.5) is 0 Å². The number of nitrogens with one attached hydrogen (secondary N) is 2. The Kier molecular flexibility index (Phi) is 6.31. The van der Waals surface area contributed by atoms with Gasteiger partial charge in [-0.3, -0.25) is 9.69 Å². The molecule has 2 N–H and O–H groups in total. The number of ether oxygens (including phenoxy) is 2. The first-order valence-electron chi connectivity index (χ1n) is 9.82. The first-order valence-corrected chi connectivity index (χ1v) is 9.82. The van der Waals surface area contributed by atoms with Crippen LogP contribution < -0.4 is 10.1 Å². The van der Waals surface area contributed by atoms with Crippen LogP contribution in [-0.2, 0) is 4.74 Å². The summed E-state index contributed by atoms with van der Waals surface area (Å²) in [5.74, 6) is 1.18. The zero-order chi connectivity index (χ0) is 20.8. The zero-order valence-electron chi connectivity index (χ0n) is 16.7. The Hall–Kier alpha value is -3.30. The van der Waals surface area contributed by atoms with Gasteiger partial charge in [0.1, 0.15) is 5.75 Å². The lowest BCUT2D eigenvalue weighted by Gasteiger charge is -2.35. The molecule has 0 spiro atoms. The summed E-state index contributed by atoms with van der Waals surface area (Å²) in [6, 6.07) is 15.2. The normalized spacial score (nSPS) is 15.5. The Morgan fingerprint density at radius 3 is 2.53 bits per heavy atom. The minimum Gasteiger partial charge on any atom is -0.497 e. The number of carbonyl (C=O) groups excluding carboxylic acids is 1. The average Bonchev–Trinajstić information content (AvgIpc) is 3.35. The highest BCUT2D eigenvalue weighted by Crippen LogP contribution is 2.24. The average molecular weight is 408 g/mol. The predicted molar refractivity (Wildman–Crippen MR) is 110 cm³/mol. The molecule has 4 rings (SSSR count). The number of rotatable bonds is 7. The maximum absolute atomic E-state index is 12.7. The lowest BCUT2D eigenvalue weighted by molar-refractivity contribution is 0.0162. The van der Waals surface area contributed by atoms with E-state index in [2.05, 4.69) is 30.8 Å². The topological polar surface area (TPSA) is 105 Å². The van der Waals surface area contributed by atoms with E-state index >= 15 is 0 Å². The molecule has 0 radical (unpaired) electrons. The summed E-state index contributed by atoms with van der Waals surface area (Å²) < 4.78 is 10.8. The second-order valence-electron chi connectivity index (χ2n) is 6.96. The summed E-state index contributed by atoms with van der Waals surface area (Å²) >= 11 is 0. The highest BCUT2D eigenvalue weighted by molar-refractivity contribution is 5.94. The Balaban J connectivity index is 1.45. The van der Waals surface area contributed by atoms with E-state index in [0.29, 0.717) is 31.1 Å². The molecule has 1 unspecified atom stereocenters. The first kappa shape index (κ1) is 20.0. The van der Waals surface area contributed by atoms with Crippen molar-refractivity contribution in [2.45, 2.75) is 6.04 Å². The molecule has 2 aromatic carbocycles. The SMILES string of the molecule is COc1ccc(C(CNC(=O)c2ccc(-c3nn[nH]n3)cc2)N2CCOCC2)cc1. The van der Waals surface area contributed by atoms with Crippen LogP contribution in [0, 0.1) is 0 Å². The summed E-state index contributed by atoms with van der Waals surface area (Å²) in [5.41, 5.74) is 2.51. The van der Waals surface area contributed by atoms with Crippen molar-refractivity contribution < 1.29 is 14.3 Å². The van der Waals surface area contributed by atoms with E-state index in [1.165, 1.54) is 0 Å². The quantitative estimate of drug-likeness (QED) is 0.613. The molecule has 30 heavy (non-hydrogen) atoms. The van der Waals surface area contributed by atoms with Crippen molar-refractivity contribution >= 4 is 5.91 Å². The Labute approximate surface area is 174 Å². The fraction of sp³-hybridized carbons (Fsp3) is 0.333. The van der Waals surface area contributed by atoms with Gasteiger partial charge in [-0.1, -0.05) is 24.3 Å². The van der Waals surface area contributed by atoms with E-state index in [9.17, 15) is 4.79 Å². The molecular weight excluding hydrogens is 384 g/mol. The van der Waals surface area contributed by atoms with Gasteiger partial charge in [0.05, 0.1) is 26.4 Å². The molecule has 0 saturated carbocycles. The van der Waals surface area contributed by atoms with E-state index in [0.717, 1.165) is 30.0 Å². The summed E-state index contributed by atoms with van der Waals surface area (Å²) in [6.07, 6.45) is 0. The number of H-pyrrole nitrogens is 1. The van der Waals surface area contributed by atoms with Gasteiger partial charge >= 0.3 is 0 Å². The fourth-order valence-electron chi connectivity index (χ4n) is 3.52. The summed E-state index contributed by atoms with van der Waals surface area (Å²) in [5, 5.41) is 16.9. The molecule has 3 aromatic rings. The van der Waals surface area contributed by atoms with Gasteiger partial charge in [0.2, 0.25) is 5.82 Å². The number of methoxy groups -OCH3 is 1. The fourth-order valence-corrected chi connectivity index (χ4v) is 3.52. The maximum Gasteiger partial charge on any atom is 0.251 e. The van der Waals surface area contributed by atoms with Gasteiger partial charge in [0.25, 0.3) is 5.91 Å². The van der Waals surface area contributed by atoms with Crippen molar-refractivity contribution in [3.8, 4) is 17.1 Å². The zero-order valence-corrected chi connectivity index (χ0v) is 16.7. The van der Waals surface area contributed by atoms with Crippen LogP contribution in [0.1, 0.15) is 22.0 Å². The molecule has 1 saturated heterocycles. The van der Waals surface area contributed by atoms with Gasteiger partial charge in [-0.05, 0) is 35.0 Å². The summed E-state index contributed by atoms with van der Waals surface area (Å²) in [6.45, 7) is 3.53. The number of aromatic nitrogens is 4. The molecule has 1 fully saturated rings. The number of carbonyl (C=O) groups is 1. The van der Waals surface area contributed by atoms with E-state index < -0.39 is 0 Å². The van der Waals surface area contributed by atoms with Gasteiger partial charge < -0.3 is 14.8 Å². The highest BCUT2D eigenvalue weighted by Gasteiger charge is 2.23. The second kappa shape index (κ2) is 9.47. The Morgan fingerprint density at radius 2 is 1.90 bits per heavy atom. The van der Waals surface area contributed by atoms with Crippen LogP contribution in [0.25, 0.3) is 11.4 Å². The molecule has 1 aliphatic rings. The minimum atomic E-state index is -0.124. The van der Waals surface area contributed by atoms with Crippen LogP contribution in [0.2, 0.25) is 0 Å². The van der Waals surface area contributed by atoms with E-state index in [1.807, 2.05) is 36.4 Å². The minimum absolute atomic E-state index is 0.0577. The number of nitrogens with zero attached hydrogens (tertiary/aromatic N) is 4. The van der Waals surface area contributed by atoms with E-state index in [-0.39, 0.29) is 11.9 Å². The van der Waals surface area contributed by atoms with Crippen LogP contribution in [-0.4, -0.2) is 71.4 Å². The molecule has 156 valence electrons. The number of aromatic amines is 1. The van der Waals surface area contributed by atoms with Gasteiger partial charge in [-0.25, -0.2) is 0 Å². The second-order valence-corrected chi connectivity index (χ2v) is 6.96. The van der Waals surface area contributed by atoms with E-state index in [4.69, 9.17) is 9.47 Å². The smallest absolute Gasteiger partial charge is 0.251 e. The Bertz CT molecular complexity index is 938. The van der Waals surface area contributed by atoms with E-state index in [1.54, 1.807) is 19.2 Å². The third kappa shape index (κ3) is 4.64. The molecule has 0 aliphatic carbocycles. The molecule has 0 bridgehead atoms. The van der Waals surface area contributed by atoms with Crippen molar-refractivity contribution in [2.75, 3.05) is 40.0 Å². The largest absolute Gasteiger partial charge is 0.497 e. The van der Waals surface area contributed by atoms with Crippen molar-refractivity contribution in [1.82, 2.24) is 30.8 Å². The standard InChI is InChI=1S/C21H24N6O3/c1-29-18-8-6-15(7-9-18)19(27-10-12-30-13-11-27)14-22-21(28)17-4-2-16(3-5-17)20-23-25-26-24-20/h2-9,19H,10-14H2,1H3,(H,22,28)(H,23,24,25,26). The number of tetrazole rings is 1. The molecule has 1 amide bonds. The molecule has 2 heterocycles. The first-order chi connectivity index (χ1) is 14.7. The number of benzene rings is 2.